The summed E-state index contributed by atoms with van der Waals surface area (Å²) in [5, 5.41) is 0. The van der Waals surface area contributed by atoms with Gasteiger partial charge in [0.2, 0.25) is 0 Å². The van der Waals surface area contributed by atoms with Crippen LogP contribution >= 0.6 is 0 Å². The van der Waals surface area contributed by atoms with E-state index in [9.17, 15) is 0 Å². The lowest BCUT2D eigenvalue weighted by Gasteiger charge is -1.96. The Kier molecular flexibility index (Phi) is 19.6. The fraction of sp³-hybridized carbons (Fsp3) is 0.810. The molecule has 0 aliphatic heterocycles. The van der Waals surface area contributed by atoms with Gasteiger partial charge in [-0.15, -0.1) is 0 Å². The van der Waals surface area contributed by atoms with Gasteiger partial charge in [-0.2, -0.15) is 0 Å². The van der Waals surface area contributed by atoms with E-state index in [1.807, 2.05) is 6.26 Å². The highest BCUT2D eigenvalue weighted by Crippen LogP contribution is 2.17. The highest BCUT2D eigenvalue weighted by Gasteiger charge is 2.02. The van der Waals surface area contributed by atoms with Crippen LogP contribution < -0.4 is 0 Å². The third kappa shape index (κ3) is 15.7. The quantitative estimate of drug-likeness (QED) is 0.441. The zero-order valence-electron chi connectivity index (χ0n) is 16.5. The van der Waals surface area contributed by atoms with Gasteiger partial charge in [0.25, 0.3) is 0 Å². The molecule has 132 valence electrons. The molecule has 1 nitrogen and oxygen atoms in total. The van der Waals surface area contributed by atoms with Crippen molar-refractivity contribution in [2.75, 3.05) is 0 Å². The first kappa shape index (κ1) is 23.5. The normalized spacial score (nSPS) is 9.82. The predicted molar refractivity (Wildman–Crippen MR) is 102 cm³/mol. The molecule has 0 amide bonds. The molecule has 1 aromatic rings. The Morgan fingerprint density at radius 3 is 1.55 bits per heavy atom. The van der Waals surface area contributed by atoms with Gasteiger partial charge >= 0.3 is 0 Å². The first-order valence-electron chi connectivity index (χ1n) is 9.64. The lowest BCUT2D eigenvalue weighted by atomic mass is 10.1. The summed E-state index contributed by atoms with van der Waals surface area (Å²) in [5.41, 5.74) is 1.30. The van der Waals surface area contributed by atoms with Gasteiger partial charge in [-0.05, 0) is 17.5 Å². The molecule has 1 heterocycles. The molecule has 1 aromatic heterocycles. The van der Waals surface area contributed by atoms with Gasteiger partial charge in [-0.3, -0.25) is 0 Å². The van der Waals surface area contributed by atoms with E-state index >= 15 is 0 Å². The lowest BCUT2D eigenvalue weighted by molar-refractivity contribution is 0.513. The number of hydrogen-bond donors (Lipinski definition) is 0. The van der Waals surface area contributed by atoms with E-state index in [0.717, 1.165) is 12.2 Å². The molecule has 0 fully saturated rings. The van der Waals surface area contributed by atoms with Crippen LogP contribution in [0.5, 0.6) is 0 Å². The van der Waals surface area contributed by atoms with E-state index in [1.165, 1.54) is 56.9 Å². The summed E-state index contributed by atoms with van der Waals surface area (Å²) in [6.07, 6.45) is 14.1. The molecule has 0 radical (unpaired) electrons. The van der Waals surface area contributed by atoms with Gasteiger partial charge in [0.05, 0.1) is 6.26 Å². The molecule has 0 atom stereocenters. The molecular weight excluding hydrogens is 268 g/mol. The van der Waals surface area contributed by atoms with Crippen LogP contribution in [0.15, 0.2) is 16.7 Å². The molecule has 0 aromatic carbocycles. The minimum absolute atomic E-state index is 0.587. The standard InChI is InChI=1S/C9H14O.C9H20.C3H8/c1-4-9-5-8(6-10-9)7(2)3;1-3-5-7-9-8-6-4-2;1-3-2/h5-7H,4H2,1-3H3;3-9H2,1-2H3;3H2,1-2H3. The summed E-state index contributed by atoms with van der Waals surface area (Å²) < 4.78 is 5.28. The van der Waals surface area contributed by atoms with Gasteiger partial charge < -0.3 is 4.42 Å². The van der Waals surface area contributed by atoms with Crippen LogP contribution in [0.2, 0.25) is 0 Å². The average molecular weight is 311 g/mol. The third-order valence-corrected chi connectivity index (χ3v) is 3.40. The highest BCUT2D eigenvalue weighted by molar-refractivity contribution is 5.15. The van der Waals surface area contributed by atoms with Crippen LogP contribution in [0.3, 0.4) is 0 Å². The second-order valence-electron chi connectivity index (χ2n) is 6.33. The molecule has 0 spiro atoms. The first-order chi connectivity index (χ1) is 10.6. The largest absolute Gasteiger partial charge is 0.469 e. The fourth-order valence-corrected chi connectivity index (χ4v) is 1.92. The lowest BCUT2D eigenvalue weighted by Crippen LogP contribution is -1.80. The molecule has 0 unspecified atom stereocenters. The number of aryl methyl sites for hydroxylation is 1. The van der Waals surface area contributed by atoms with Gasteiger partial charge in [0.15, 0.2) is 0 Å². The minimum atomic E-state index is 0.587. The van der Waals surface area contributed by atoms with E-state index in [2.05, 4.69) is 54.5 Å². The minimum Gasteiger partial charge on any atom is -0.469 e. The second kappa shape index (κ2) is 18.3. The zero-order chi connectivity index (χ0) is 17.2. The molecule has 0 saturated heterocycles. The van der Waals surface area contributed by atoms with Gasteiger partial charge in [-0.1, -0.05) is 99.8 Å². The van der Waals surface area contributed by atoms with Gasteiger partial charge in [0, 0.05) is 6.42 Å². The maximum absolute atomic E-state index is 5.28. The Morgan fingerprint density at radius 2 is 1.27 bits per heavy atom. The van der Waals surface area contributed by atoms with Crippen molar-refractivity contribution in [3.8, 4) is 0 Å². The zero-order valence-corrected chi connectivity index (χ0v) is 16.5. The van der Waals surface area contributed by atoms with E-state index in [4.69, 9.17) is 4.42 Å². The van der Waals surface area contributed by atoms with Crippen molar-refractivity contribution in [3.63, 3.8) is 0 Å². The summed E-state index contributed by atoms with van der Waals surface area (Å²) in [4.78, 5) is 0. The van der Waals surface area contributed by atoms with Crippen LogP contribution in [0, 0.1) is 0 Å². The van der Waals surface area contributed by atoms with Crippen LogP contribution in [-0.4, -0.2) is 0 Å². The van der Waals surface area contributed by atoms with Crippen LogP contribution in [-0.2, 0) is 6.42 Å². The van der Waals surface area contributed by atoms with Crippen LogP contribution in [0.4, 0.5) is 0 Å². The molecule has 0 saturated carbocycles. The summed E-state index contributed by atoms with van der Waals surface area (Å²) >= 11 is 0. The van der Waals surface area contributed by atoms with Crippen LogP contribution in [0.25, 0.3) is 0 Å². The fourth-order valence-electron chi connectivity index (χ4n) is 1.92. The van der Waals surface area contributed by atoms with Gasteiger partial charge in [0.1, 0.15) is 5.76 Å². The molecule has 1 heteroatoms. The number of furan rings is 1. The molecule has 0 aliphatic rings. The predicted octanol–water partition coefficient (Wildman–Crippen LogP) is 8.14. The average Bonchev–Trinajstić information content (AvgIpc) is 2.98. The monoisotopic (exact) mass is 310 g/mol. The van der Waals surface area contributed by atoms with Crippen molar-refractivity contribution < 1.29 is 4.42 Å². The van der Waals surface area contributed by atoms with Crippen molar-refractivity contribution in [2.45, 2.75) is 112 Å². The topological polar surface area (TPSA) is 13.1 Å². The smallest absolute Gasteiger partial charge is 0.103 e. The first-order valence-corrected chi connectivity index (χ1v) is 9.64. The molecule has 0 N–H and O–H groups in total. The Balaban J connectivity index is 0. The van der Waals surface area contributed by atoms with E-state index < -0.39 is 0 Å². The second-order valence-corrected chi connectivity index (χ2v) is 6.33. The Labute approximate surface area is 140 Å². The maximum Gasteiger partial charge on any atom is 0.103 e. The molecule has 0 aliphatic carbocycles. The molecule has 0 bridgehead atoms. The molecule has 1 rings (SSSR count). The number of unbranched alkanes of at least 4 members (excludes halogenated alkanes) is 6. The van der Waals surface area contributed by atoms with E-state index in [1.54, 1.807) is 0 Å². The number of hydrogen-bond acceptors (Lipinski definition) is 1. The summed E-state index contributed by atoms with van der Waals surface area (Å²) in [7, 11) is 0. The summed E-state index contributed by atoms with van der Waals surface area (Å²) in [5.74, 6) is 1.67. The SMILES string of the molecule is CCC.CCCCCCCCC.CCc1cc(C(C)C)co1. The van der Waals surface area contributed by atoms with Crippen molar-refractivity contribution in [3.05, 3.63) is 23.7 Å². The van der Waals surface area contributed by atoms with Crippen molar-refractivity contribution in [1.82, 2.24) is 0 Å². The Hall–Kier alpha value is -0.720. The molecular formula is C21H42O. The van der Waals surface area contributed by atoms with Crippen molar-refractivity contribution >= 4 is 0 Å². The maximum atomic E-state index is 5.28. The Bertz CT molecular complexity index is 293. The van der Waals surface area contributed by atoms with Crippen molar-refractivity contribution in [2.24, 2.45) is 0 Å². The summed E-state index contributed by atoms with van der Waals surface area (Å²) in [6.45, 7) is 15.2. The van der Waals surface area contributed by atoms with E-state index in [-0.39, 0.29) is 0 Å². The van der Waals surface area contributed by atoms with Gasteiger partial charge in [-0.25, -0.2) is 0 Å². The summed E-state index contributed by atoms with van der Waals surface area (Å²) in [6, 6.07) is 2.13. The third-order valence-electron chi connectivity index (χ3n) is 3.40. The Morgan fingerprint density at radius 1 is 0.818 bits per heavy atom. The van der Waals surface area contributed by atoms with Crippen LogP contribution in [0.1, 0.15) is 117 Å². The highest BCUT2D eigenvalue weighted by atomic mass is 16.3. The van der Waals surface area contributed by atoms with Crippen molar-refractivity contribution in [1.29, 1.82) is 0 Å². The van der Waals surface area contributed by atoms with E-state index in [0.29, 0.717) is 5.92 Å². The molecule has 22 heavy (non-hydrogen) atoms. The number of rotatable bonds is 8.